The van der Waals surface area contributed by atoms with Gasteiger partial charge in [-0.1, -0.05) is 30.3 Å². The lowest BCUT2D eigenvalue weighted by molar-refractivity contribution is 0.0950. The zero-order chi connectivity index (χ0) is 13.0. The van der Waals surface area contributed by atoms with E-state index in [4.69, 9.17) is 0 Å². The van der Waals surface area contributed by atoms with E-state index in [1.807, 2.05) is 25.1 Å². The molecule has 0 aliphatic rings. The Bertz CT molecular complexity index is 549. The highest BCUT2D eigenvalue weighted by Gasteiger charge is 2.07. The minimum Gasteiger partial charge on any atom is -0.348 e. The second-order valence-corrected chi connectivity index (χ2v) is 4.12. The van der Waals surface area contributed by atoms with E-state index >= 15 is 0 Å². The number of carbonyl (C=O) groups excluding carboxylic acids is 1. The Morgan fingerprint density at radius 2 is 1.78 bits per heavy atom. The van der Waals surface area contributed by atoms with Gasteiger partial charge in [-0.05, 0) is 36.2 Å². The summed E-state index contributed by atoms with van der Waals surface area (Å²) < 4.78 is 12.7. The maximum Gasteiger partial charge on any atom is 0.251 e. The van der Waals surface area contributed by atoms with Crippen LogP contribution in [0, 0.1) is 12.7 Å². The van der Waals surface area contributed by atoms with Gasteiger partial charge in [-0.25, -0.2) is 4.39 Å². The van der Waals surface area contributed by atoms with Crippen LogP contribution in [0.2, 0.25) is 0 Å². The van der Waals surface area contributed by atoms with Crippen LogP contribution in [-0.2, 0) is 6.54 Å². The number of amides is 1. The Morgan fingerprint density at radius 1 is 1.11 bits per heavy atom. The molecule has 2 aromatic carbocycles. The fraction of sp³-hybridized carbons (Fsp3) is 0.133. The number of hydrogen-bond donors (Lipinski definition) is 1. The Labute approximate surface area is 105 Å². The van der Waals surface area contributed by atoms with Crippen LogP contribution in [0.4, 0.5) is 4.39 Å². The summed E-state index contributed by atoms with van der Waals surface area (Å²) >= 11 is 0. The van der Waals surface area contributed by atoms with Crippen molar-refractivity contribution in [1.29, 1.82) is 0 Å². The molecule has 0 aliphatic heterocycles. The van der Waals surface area contributed by atoms with Crippen LogP contribution in [0.25, 0.3) is 0 Å². The molecule has 0 aliphatic carbocycles. The molecule has 0 heterocycles. The molecule has 0 saturated heterocycles. The first kappa shape index (κ1) is 12.3. The number of nitrogens with one attached hydrogen (secondary N) is 1. The second kappa shape index (κ2) is 5.45. The smallest absolute Gasteiger partial charge is 0.251 e. The second-order valence-electron chi connectivity index (χ2n) is 4.12. The van der Waals surface area contributed by atoms with Gasteiger partial charge in [0, 0.05) is 12.1 Å². The van der Waals surface area contributed by atoms with Gasteiger partial charge in [0.1, 0.15) is 5.82 Å². The molecule has 0 fully saturated rings. The van der Waals surface area contributed by atoms with Gasteiger partial charge < -0.3 is 5.32 Å². The van der Waals surface area contributed by atoms with Crippen molar-refractivity contribution >= 4 is 5.91 Å². The van der Waals surface area contributed by atoms with E-state index in [2.05, 4.69) is 5.32 Å². The largest absolute Gasteiger partial charge is 0.348 e. The first-order chi connectivity index (χ1) is 8.66. The van der Waals surface area contributed by atoms with Crippen LogP contribution >= 0.6 is 0 Å². The van der Waals surface area contributed by atoms with E-state index in [0.29, 0.717) is 12.1 Å². The Hall–Kier alpha value is -2.16. The van der Waals surface area contributed by atoms with Crippen molar-refractivity contribution in [1.82, 2.24) is 5.32 Å². The molecule has 2 nitrogen and oxygen atoms in total. The molecule has 3 heteroatoms. The third kappa shape index (κ3) is 2.94. The maximum absolute atomic E-state index is 12.7. The molecule has 0 bridgehead atoms. The van der Waals surface area contributed by atoms with Crippen molar-refractivity contribution in [3.63, 3.8) is 0 Å². The molecule has 92 valence electrons. The predicted octanol–water partition coefficient (Wildman–Crippen LogP) is 3.06. The van der Waals surface area contributed by atoms with Gasteiger partial charge in [0.05, 0.1) is 0 Å². The standard InChI is InChI=1S/C15H14FNO/c1-11-4-2-3-5-14(11)15(18)17-10-12-6-8-13(16)9-7-12/h2-9H,10H2,1H3,(H,17,18). The number of rotatable bonds is 3. The SMILES string of the molecule is Cc1ccccc1C(=O)NCc1ccc(F)cc1. The van der Waals surface area contributed by atoms with E-state index in [1.54, 1.807) is 18.2 Å². The van der Waals surface area contributed by atoms with Crippen molar-refractivity contribution in [3.05, 3.63) is 71.0 Å². The molecule has 0 aromatic heterocycles. The summed E-state index contributed by atoms with van der Waals surface area (Å²) in [5.41, 5.74) is 2.48. The van der Waals surface area contributed by atoms with E-state index < -0.39 is 0 Å². The third-order valence-electron chi connectivity index (χ3n) is 2.76. The summed E-state index contributed by atoms with van der Waals surface area (Å²) in [7, 11) is 0. The summed E-state index contributed by atoms with van der Waals surface area (Å²) in [5, 5.41) is 2.81. The fourth-order valence-electron chi connectivity index (χ4n) is 1.71. The quantitative estimate of drug-likeness (QED) is 0.882. The Morgan fingerprint density at radius 3 is 2.44 bits per heavy atom. The fourth-order valence-corrected chi connectivity index (χ4v) is 1.71. The van der Waals surface area contributed by atoms with Crippen molar-refractivity contribution in [2.24, 2.45) is 0 Å². The summed E-state index contributed by atoms with van der Waals surface area (Å²) in [6.07, 6.45) is 0. The lowest BCUT2D eigenvalue weighted by Gasteiger charge is -2.07. The molecular formula is C15H14FNO. The maximum atomic E-state index is 12.7. The minimum absolute atomic E-state index is 0.113. The van der Waals surface area contributed by atoms with Gasteiger partial charge in [0.25, 0.3) is 5.91 Å². The van der Waals surface area contributed by atoms with E-state index in [1.165, 1.54) is 12.1 Å². The molecule has 1 amide bonds. The molecule has 0 radical (unpaired) electrons. The summed E-state index contributed by atoms with van der Waals surface area (Å²) in [5.74, 6) is -0.388. The minimum atomic E-state index is -0.274. The lowest BCUT2D eigenvalue weighted by Crippen LogP contribution is -2.23. The van der Waals surface area contributed by atoms with Crippen LogP contribution in [-0.4, -0.2) is 5.91 Å². The van der Waals surface area contributed by atoms with Crippen molar-refractivity contribution < 1.29 is 9.18 Å². The van der Waals surface area contributed by atoms with Gasteiger partial charge in [0.15, 0.2) is 0 Å². The molecule has 1 N–H and O–H groups in total. The lowest BCUT2D eigenvalue weighted by atomic mass is 10.1. The van der Waals surface area contributed by atoms with Gasteiger partial charge >= 0.3 is 0 Å². The zero-order valence-electron chi connectivity index (χ0n) is 10.1. The van der Waals surface area contributed by atoms with Crippen LogP contribution in [0.15, 0.2) is 48.5 Å². The average Bonchev–Trinajstić information content (AvgIpc) is 2.38. The van der Waals surface area contributed by atoms with Crippen LogP contribution in [0.3, 0.4) is 0 Å². The van der Waals surface area contributed by atoms with E-state index in [-0.39, 0.29) is 11.7 Å². The van der Waals surface area contributed by atoms with Crippen molar-refractivity contribution in [3.8, 4) is 0 Å². The van der Waals surface area contributed by atoms with E-state index in [9.17, 15) is 9.18 Å². The highest BCUT2D eigenvalue weighted by Crippen LogP contribution is 2.07. The first-order valence-corrected chi connectivity index (χ1v) is 5.75. The first-order valence-electron chi connectivity index (χ1n) is 5.75. The number of hydrogen-bond acceptors (Lipinski definition) is 1. The average molecular weight is 243 g/mol. The number of benzene rings is 2. The Balaban J connectivity index is 2.01. The van der Waals surface area contributed by atoms with Gasteiger partial charge in [-0.2, -0.15) is 0 Å². The third-order valence-corrected chi connectivity index (χ3v) is 2.76. The molecule has 0 atom stereocenters. The topological polar surface area (TPSA) is 29.1 Å². The van der Waals surface area contributed by atoms with Crippen LogP contribution in [0.5, 0.6) is 0 Å². The van der Waals surface area contributed by atoms with Crippen molar-refractivity contribution in [2.75, 3.05) is 0 Å². The van der Waals surface area contributed by atoms with Crippen LogP contribution in [0.1, 0.15) is 21.5 Å². The normalized spacial score (nSPS) is 10.1. The number of aryl methyl sites for hydroxylation is 1. The molecule has 18 heavy (non-hydrogen) atoms. The van der Waals surface area contributed by atoms with Gasteiger partial charge in [-0.15, -0.1) is 0 Å². The molecular weight excluding hydrogens is 229 g/mol. The molecule has 2 rings (SSSR count). The molecule has 0 unspecified atom stereocenters. The Kier molecular flexibility index (Phi) is 3.72. The summed E-state index contributed by atoms with van der Waals surface area (Å²) in [6.45, 7) is 2.29. The summed E-state index contributed by atoms with van der Waals surface area (Å²) in [4.78, 5) is 11.9. The number of carbonyl (C=O) groups is 1. The molecule has 0 saturated carbocycles. The predicted molar refractivity (Wildman–Crippen MR) is 68.7 cm³/mol. The highest BCUT2D eigenvalue weighted by atomic mass is 19.1. The monoisotopic (exact) mass is 243 g/mol. The van der Waals surface area contributed by atoms with Gasteiger partial charge in [0.2, 0.25) is 0 Å². The highest BCUT2D eigenvalue weighted by molar-refractivity contribution is 5.95. The molecule has 0 spiro atoms. The van der Waals surface area contributed by atoms with Gasteiger partial charge in [-0.3, -0.25) is 4.79 Å². The number of halogens is 1. The summed E-state index contributed by atoms with van der Waals surface area (Å²) in [6, 6.07) is 13.5. The zero-order valence-corrected chi connectivity index (χ0v) is 10.1. The van der Waals surface area contributed by atoms with Crippen molar-refractivity contribution in [2.45, 2.75) is 13.5 Å². The van der Waals surface area contributed by atoms with E-state index in [0.717, 1.165) is 11.1 Å². The van der Waals surface area contributed by atoms with Crippen LogP contribution < -0.4 is 5.32 Å². The molecule has 2 aromatic rings.